The van der Waals surface area contributed by atoms with E-state index in [-0.39, 0.29) is 41.1 Å². The summed E-state index contributed by atoms with van der Waals surface area (Å²) in [6.07, 6.45) is 2.81. The van der Waals surface area contributed by atoms with Crippen molar-refractivity contribution in [3.05, 3.63) is 11.3 Å². The Kier molecular flexibility index (Phi) is 10.4. The fourth-order valence-corrected chi connectivity index (χ4v) is 4.19. The minimum absolute atomic E-state index is 0.00925. The van der Waals surface area contributed by atoms with Crippen molar-refractivity contribution in [2.75, 3.05) is 6.54 Å². The molecule has 0 saturated heterocycles. The Morgan fingerprint density at radius 3 is 2.42 bits per heavy atom. The first kappa shape index (κ1) is 26.3. The normalized spacial score (nSPS) is 22.5. The maximum absolute atomic E-state index is 13.2. The van der Waals surface area contributed by atoms with Crippen LogP contribution in [-0.4, -0.2) is 42.4 Å². The van der Waals surface area contributed by atoms with Crippen molar-refractivity contribution in [2.45, 2.75) is 66.3 Å². The molecule has 0 aromatic rings. The molecule has 1 rings (SSSR count). The second kappa shape index (κ2) is 12.2. The molecule has 0 heterocycles. The molecule has 174 valence electrons. The van der Waals surface area contributed by atoms with Crippen LogP contribution in [0.2, 0.25) is 0 Å². The van der Waals surface area contributed by atoms with Gasteiger partial charge >= 0.3 is 0 Å². The molecule has 0 aliphatic heterocycles. The Morgan fingerprint density at radius 1 is 1.26 bits per heavy atom. The highest BCUT2D eigenvalue weighted by atomic mass is 16.2. The average molecular weight is 436 g/mol. The first-order valence-corrected chi connectivity index (χ1v) is 10.8. The van der Waals surface area contributed by atoms with Crippen LogP contribution in [0.4, 0.5) is 0 Å². The van der Waals surface area contributed by atoms with E-state index in [0.29, 0.717) is 38.5 Å². The number of Topliss-reactive ketones (excluding diaryl/α,β-unsaturated/α-hetero) is 1. The molecule has 1 aliphatic rings. The van der Waals surface area contributed by atoms with Gasteiger partial charge in [-0.1, -0.05) is 20.8 Å². The monoisotopic (exact) mass is 435 g/mol. The van der Waals surface area contributed by atoms with E-state index < -0.39 is 17.9 Å². The Balaban J connectivity index is 3.00. The minimum Gasteiger partial charge on any atom is -0.370 e. The van der Waals surface area contributed by atoms with E-state index in [4.69, 9.17) is 11.5 Å². The number of hydrogen-bond donors (Lipinski definition) is 4. The largest absolute Gasteiger partial charge is 0.370 e. The lowest BCUT2D eigenvalue weighted by molar-refractivity contribution is -0.134. The van der Waals surface area contributed by atoms with E-state index in [0.717, 1.165) is 5.57 Å². The maximum Gasteiger partial charge on any atom is 0.228 e. The number of nitrogens with two attached hydrogens (primary N) is 2. The van der Waals surface area contributed by atoms with Gasteiger partial charge in [0, 0.05) is 25.3 Å². The van der Waals surface area contributed by atoms with Crippen molar-refractivity contribution < 1.29 is 19.2 Å². The highest BCUT2D eigenvalue weighted by molar-refractivity contribution is 5.97. The van der Waals surface area contributed by atoms with Crippen LogP contribution in [0.1, 0.15) is 60.3 Å². The summed E-state index contributed by atoms with van der Waals surface area (Å²) in [6, 6.07) is -0.571. The van der Waals surface area contributed by atoms with E-state index in [1.165, 1.54) is 6.92 Å². The van der Waals surface area contributed by atoms with Crippen LogP contribution in [0.3, 0.4) is 0 Å². The Labute approximate surface area is 184 Å². The SMILES string of the molecule is CC(=O)NC1CC(C)C(C(CC(C)C)C(=O)NC(C=O)=C(C)CCCN=C(N)N)C1=O. The first-order chi connectivity index (χ1) is 14.5. The van der Waals surface area contributed by atoms with Gasteiger partial charge in [0.2, 0.25) is 11.8 Å². The lowest BCUT2D eigenvalue weighted by atomic mass is 9.79. The molecular weight excluding hydrogens is 398 g/mol. The number of aldehydes is 1. The van der Waals surface area contributed by atoms with E-state index in [9.17, 15) is 19.2 Å². The molecule has 31 heavy (non-hydrogen) atoms. The van der Waals surface area contributed by atoms with Crippen LogP contribution in [0.15, 0.2) is 16.3 Å². The van der Waals surface area contributed by atoms with Crippen molar-refractivity contribution in [2.24, 2.45) is 40.1 Å². The number of guanidine groups is 1. The van der Waals surface area contributed by atoms with Crippen LogP contribution < -0.4 is 22.1 Å². The zero-order valence-electron chi connectivity index (χ0n) is 19.2. The molecule has 1 saturated carbocycles. The van der Waals surface area contributed by atoms with Crippen molar-refractivity contribution in [1.82, 2.24) is 10.6 Å². The summed E-state index contributed by atoms with van der Waals surface area (Å²) in [5.41, 5.74) is 11.5. The number of amides is 2. The lowest BCUT2D eigenvalue weighted by Crippen LogP contribution is -2.43. The van der Waals surface area contributed by atoms with Gasteiger partial charge in [-0.15, -0.1) is 0 Å². The summed E-state index contributed by atoms with van der Waals surface area (Å²) in [5, 5.41) is 5.43. The number of nitrogens with one attached hydrogen (secondary N) is 2. The summed E-state index contributed by atoms with van der Waals surface area (Å²) in [6.45, 7) is 9.47. The van der Waals surface area contributed by atoms with Gasteiger partial charge in [-0.3, -0.25) is 24.2 Å². The molecule has 0 bridgehead atoms. The predicted molar refractivity (Wildman–Crippen MR) is 120 cm³/mol. The van der Waals surface area contributed by atoms with Crippen LogP contribution in [-0.2, 0) is 19.2 Å². The quantitative estimate of drug-likeness (QED) is 0.125. The van der Waals surface area contributed by atoms with E-state index in [1.807, 2.05) is 20.8 Å². The van der Waals surface area contributed by atoms with Crippen LogP contribution in [0.5, 0.6) is 0 Å². The molecule has 2 amide bonds. The third-order valence-electron chi connectivity index (χ3n) is 5.61. The fraction of sp³-hybridized carbons (Fsp3) is 0.682. The Bertz CT molecular complexity index is 740. The molecule has 9 nitrogen and oxygen atoms in total. The first-order valence-electron chi connectivity index (χ1n) is 10.8. The second-order valence-electron chi connectivity index (χ2n) is 8.84. The van der Waals surface area contributed by atoms with E-state index in [1.54, 1.807) is 6.92 Å². The van der Waals surface area contributed by atoms with Gasteiger partial charge in [0.15, 0.2) is 18.0 Å². The zero-order valence-corrected chi connectivity index (χ0v) is 19.2. The van der Waals surface area contributed by atoms with Gasteiger partial charge in [-0.05, 0) is 50.0 Å². The van der Waals surface area contributed by atoms with Gasteiger partial charge in [0.05, 0.1) is 11.7 Å². The minimum atomic E-state index is -0.578. The van der Waals surface area contributed by atoms with Crippen LogP contribution in [0, 0.1) is 23.7 Å². The van der Waals surface area contributed by atoms with E-state index in [2.05, 4.69) is 15.6 Å². The highest BCUT2D eigenvalue weighted by Gasteiger charge is 2.46. The van der Waals surface area contributed by atoms with Gasteiger partial charge in [0.25, 0.3) is 0 Å². The predicted octanol–water partition coefficient (Wildman–Crippen LogP) is 1.02. The number of ketones is 1. The van der Waals surface area contributed by atoms with Crippen molar-refractivity contribution in [3.8, 4) is 0 Å². The Hall–Kier alpha value is -2.71. The van der Waals surface area contributed by atoms with Crippen molar-refractivity contribution in [1.29, 1.82) is 0 Å². The number of nitrogens with zero attached hydrogens (tertiary/aromatic N) is 1. The number of rotatable bonds is 11. The van der Waals surface area contributed by atoms with Crippen LogP contribution in [0.25, 0.3) is 0 Å². The van der Waals surface area contributed by atoms with Gasteiger partial charge < -0.3 is 22.1 Å². The third kappa shape index (κ3) is 8.15. The molecule has 4 unspecified atom stereocenters. The summed E-state index contributed by atoms with van der Waals surface area (Å²) >= 11 is 0. The molecular formula is C22H37N5O4. The van der Waals surface area contributed by atoms with Gasteiger partial charge in [-0.25, -0.2) is 0 Å². The summed E-state index contributed by atoms with van der Waals surface area (Å²) in [7, 11) is 0. The summed E-state index contributed by atoms with van der Waals surface area (Å²) in [4.78, 5) is 53.1. The number of carbonyl (C=O) groups excluding carboxylic acids is 4. The molecule has 0 radical (unpaired) electrons. The molecule has 1 fully saturated rings. The van der Waals surface area contributed by atoms with Crippen molar-refractivity contribution in [3.63, 3.8) is 0 Å². The maximum atomic E-state index is 13.2. The zero-order chi connectivity index (χ0) is 23.7. The topological polar surface area (TPSA) is 157 Å². The summed E-state index contributed by atoms with van der Waals surface area (Å²) in [5.74, 6) is -1.67. The fourth-order valence-electron chi connectivity index (χ4n) is 4.19. The lowest BCUT2D eigenvalue weighted by Gasteiger charge is -2.26. The Morgan fingerprint density at radius 2 is 1.90 bits per heavy atom. The number of carbonyl (C=O) groups is 4. The van der Waals surface area contributed by atoms with Crippen LogP contribution >= 0.6 is 0 Å². The molecule has 1 aliphatic carbocycles. The molecule has 9 heteroatoms. The molecule has 4 atom stereocenters. The van der Waals surface area contributed by atoms with Gasteiger partial charge in [-0.2, -0.15) is 0 Å². The highest BCUT2D eigenvalue weighted by Crippen LogP contribution is 2.37. The average Bonchev–Trinajstić information content (AvgIpc) is 2.93. The number of hydrogen-bond acceptors (Lipinski definition) is 5. The molecule has 0 aromatic carbocycles. The van der Waals surface area contributed by atoms with E-state index >= 15 is 0 Å². The second-order valence-corrected chi connectivity index (χ2v) is 8.84. The molecule has 0 aromatic heterocycles. The van der Waals surface area contributed by atoms with Gasteiger partial charge in [0.1, 0.15) is 0 Å². The molecule has 6 N–H and O–H groups in total. The smallest absolute Gasteiger partial charge is 0.228 e. The van der Waals surface area contributed by atoms with Crippen molar-refractivity contribution >= 4 is 29.8 Å². The molecule has 0 spiro atoms. The number of allylic oxidation sites excluding steroid dienone is 2. The summed E-state index contributed by atoms with van der Waals surface area (Å²) < 4.78 is 0. The third-order valence-corrected chi connectivity index (χ3v) is 5.61. The number of aliphatic imine (C=N–C) groups is 1. The standard InChI is InChI=1S/C22H37N5O4/c1-12(2)9-16(19-14(4)10-17(20(19)30)26-15(5)29)21(31)27-18(11-28)13(3)7-6-8-25-22(23)24/h11-12,14,16-17,19H,6-10H2,1-5H3,(H,26,29)(H,27,31)(H4,23,24,25).